The van der Waals surface area contributed by atoms with Gasteiger partial charge in [-0.05, 0) is 29.2 Å². The van der Waals surface area contributed by atoms with Gasteiger partial charge in [0.1, 0.15) is 18.5 Å². The first-order valence-corrected chi connectivity index (χ1v) is 8.78. The number of alkyl carbamates (subject to hydrolysis) is 1. The summed E-state index contributed by atoms with van der Waals surface area (Å²) in [5.41, 5.74) is 4.64. The third-order valence-corrected chi connectivity index (χ3v) is 4.74. The molecule has 3 N–H and O–H groups in total. The zero-order chi connectivity index (χ0) is 18.8. The second kappa shape index (κ2) is 7.20. The molecule has 0 saturated carbocycles. The number of hydrogen-bond donors (Lipinski definition) is 3. The lowest BCUT2D eigenvalue weighted by atomic mass is 9.98. The van der Waals surface area contributed by atoms with E-state index in [2.05, 4.69) is 44.8 Å². The van der Waals surface area contributed by atoms with Crippen LogP contribution in [0.4, 0.5) is 4.79 Å². The van der Waals surface area contributed by atoms with Crippen molar-refractivity contribution < 1.29 is 14.6 Å². The van der Waals surface area contributed by atoms with Crippen LogP contribution in [0.2, 0.25) is 0 Å². The molecular formula is C20H20N4O3. The Kier molecular flexibility index (Phi) is 4.60. The molecule has 1 heterocycles. The molecule has 4 rings (SSSR count). The quantitative estimate of drug-likeness (QED) is 0.646. The Morgan fingerprint density at radius 1 is 1.19 bits per heavy atom. The summed E-state index contributed by atoms with van der Waals surface area (Å²) in [5, 5.41) is 18.8. The number of nitrogens with zero attached hydrogens (tertiary/aromatic N) is 2. The minimum atomic E-state index is -0.717. The van der Waals surface area contributed by atoms with Crippen molar-refractivity contribution in [3.63, 3.8) is 0 Å². The van der Waals surface area contributed by atoms with Gasteiger partial charge in [0.05, 0.1) is 6.61 Å². The fourth-order valence-electron chi connectivity index (χ4n) is 3.49. The number of nitrogens with one attached hydrogen (secondary N) is 2. The molecule has 0 unspecified atom stereocenters. The van der Waals surface area contributed by atoms with Crippen molar-refractivity contribution in [3.8, 4) is 11.1 Å². The predicted octanol–water partition coefficient (Wildman–Crippen LogP) is 2.69. The second-order valence-corrected chi connectivity index (χ2v) is 6.48. The lowest BCUT2D eigenvalue weighted by Gasteiger charge is -2.17. The van der Waals surface area contributed by atoms with Crippen molar-refractivity contribution in [2.24, 2.45) is 0 Å². The standard InChI is InChI=1S/C20H20N4O3/c1-12-21-19(24-23-12)18(10-25)22-20(26)27-11-17-15-8-4-2-6-13(15)14-7-3-5-9-16(14)17/h2-9,17-18,25H,10-11H2,1H3,(H,22,26)(H,21,23,24)/t18-/m1/s1. The van der Waals surface area contributed by atoms with E-state index in [-0.39, 0.29) is 19.1 Å². The highest BCUT2D eigenvalue weighted by atomic mass is 16.5. The Hall–Kier alpha value is -3.19. The smallest absolute Gasteiger partial charge is 0.407 e. The van der Waals surface area contributed by atoms with Gasteiger partial charge in [-0.15, -0.1) is 0 Å². The first kappa shape index (κ1) is 17.2. The Labute approximate surface area is 156 Å². The summed E-state index contributed by atoms with van der Waals surface area (Å²) in [7, 11) is 0. The molecule has 0 saturated heterocycles. The van der Waals surface area contributed by atoms with Crippen LogP contribution in [0.3, 0.4) is 0 Å². The zero-order valence-electron chi connectivity index (χ0n) is 14.8. The van der Waals surface area contributed by atoms with Crippen LogP contribution < -0.4 is 5.32 Å². The van der Waals surface area contributed by atoms with Crippen molar-refractivity contribution in [2.75, 3.05) is 13.2 Å². The topological polar surface area (TPSA) is 100 Å². The summed E-state index contributed by atoms with van der Waals surface area (Å²) in [6.45, 7) is 1.64. The summed E-state index contributed by atoms with van der Waals surface area (Å²) >= 11 is 0. The Morgan fingerprint density at radius 2 is 1.81 bits per heavy atom. The van der Waals surface area contributed by atoms with Gasteiger partial charge >= 0.3 is 6.09 Å². The molecule has 1 aromatic heterocycles. The molecule has 0 aliphatic heterocycles. The average Bonchev–Trinajstić information content (AvgIpc) is 3.26. The fraction of sp³-hybridized carbons (Fsp3) is 0.250. The number of aryl methyl sites for hydroxylation is 1. The van der Waals surface area contributed by atoms with Gasteiger partial charge in [0, 0.05) is 5.92 Å². The van der Waals surface area contributed by atoms with Gasteiger partial charge in [0.25, 0.3) is 0 Å². The molecule has 0 radical (unpaired) electrons. The fourth-order valence-corrected chi connectivity index (χ4v) is 3.49. The molecule has 7 heteroatoms. The van der Waals surface area contributed by atoms with E-state index >= 15 is 0 Å². The molecule has 0 fully saturated rings. The number of fused-ring (bicyclic) bond motifs is 3. The van der Waals surface area contributed by atoms with E-state index in [1.807, 2.05) is 24.3 Å². The van der Waals surface area contributed by atoms with Gasteiger partial charge in [-0.2, -0.15) is 5.10 Å². The second-order valence-electron chi connectivity index (χ2n) is 6.48. The molecule has 0 spiro atoms. The molecular weight excluding hydrogens is 344 g/mol. The van der Waals surface area contributed by atoms with Gasteiger partial charge < -0.3 is 15.2 Å². The highest BCUT2D eigenvalue weighted by Crippen LogP contribution is 2.44. The van der Waals surface area contributed by atoms with Crippen LogP contribution in [0, 0.1) is 6.92 Å². The largest absolute Gasteiger partial charge is 0.449 e. The van der Waals surface area contributed by atoms with Gasteiger partial charge in [0.15, 0.2) is 5.82 Å². The zero-order valence-corrected chi connectivity index (χ0v) is 14.8. The number of amides is 1. The lowest BCUT2D eigenvalue weighted by Crippen LogP contribution is -2.33. The summed E-state index contributed by atoms with van der Waals surface area (Å²) in [4.78, 5) is 16.4. The number of ether oxygens (including phenoxy) is 1. The maximum atomic E-state index is 12.3. The third-order valence-electron chi connectivity index (χ3n) is 4.74. The van der Waals surface area contributed by atoms with Gasteiger partial charge in [0.2, 0.25) is 0 Å². The average molecular weight is 364 g/mol. The minimum absolute atomic E-state index is 0.0125. The molecule has 3 aromatic rings. The first-order chi connectivity index (χ1) is 13.2. The van der Waals surface area contributed by atoms with Crippen molar-refractivity contribution in [1.29, 1.82) is 0 Å². The number of aromatic nitrogens is 3. The SMILES string of the molecule is Cc1nc([C@@H](CO)NC(=O)OCC2c3ccccc3-c3ccccc32)n[nH]1. The molecule has 1 aliphatic rings. The lowest BCUT2D eigenvalue weighted by molar-refractivity contribution is 0.131. The van der Waals surface area contributed by atoms with E-state index in [0.717, 1.165) is 11.1 Å². The molecule has 138 valence electrons. The van der Waals surface area contributed by atoms with Gasteiger partial charge in [-0.25, -0.2) is 9.78 Å². The number of aliphatic hydroxyl groups excluding tert-OH is 1. The normalized spacial score (nSPS) is 13.7. The van der Waals surface area contributed by atoms with Crippen LogP contribution in [-0.2, 0) is 4.74 Å². The third kappa shape index (κ3) is 3.29. The number of carbonyl (C=O) groups is 1. The van der Waals surface area contributed by atoms with Crippen molar-refractivity contribution in [1.82, 2.24) is 20.5 Å². The van der Waals surface area contributed by atoms with E-state index < -0.39 is 12.1 Å². The molecule has 2 aromatic carbocycles. The van der Waals surface area contributed by atoms with E-state index in [1.54, 1.807) is 6.92 Å². The number of hydrogen-bond acceptors (Lipinski definition) is 5. The number of rotatable bonds is 5. The number of aromatic amines is 1. The molecule has 27 heavy (non-hydrogen) atoms. The Balaban J connectivity index is 1.46. The van der Waals surface area contributed by atoms with Crippen LogP contribution in [0.5, 0.6) is 0 Å². The van der Waals surface area contributed by atoms with Crippen LogP contribution in [-0.4, -0.2) is 39.6 Å². The van der Waals surface area contributed by atoms with E-state index in [9.17, 15) is 9.90 Å². The summed E-state index contributed by atoms with van der Waals surface area (Å²) < 4.78 is 5.47. The number of H-pyrrole nitrogens is 1. The van der Waals surface area contributed by atoms with Crippen LogP contribution in [0.25, 0.3) is 11.1 Å². The van der Waals surface area contributed by atoms with Crippen molar-refractivity contribution >= 4 is 6.09 Å². The highest BCUT2D eigenvalue weighted by Gasteiger charge is 2.29. The molecule has 1 amide bonds. The number of aliphatic hydroxyl groups is 1. The number of carbonyl (C=O) groups excluding carboxylic acids is 1. The van der Waals surface area contributed by atoms with Gasteiger partial charge in [-0.3, -0.25) is 5.10 Å². The summed E-state index contributed by atoms with van der Waals surface area (Å²) in [6.07, 6.45) is -0.613. The molecule has 7 nitrogen and oxygen atoms in total. The molecule has 0 bridgehead atoms. The number of benzene rings is 2. The predicted molar refractivity (Wildman–Crippen MR) is 99.2 cm³/mol. The monoisotopic (exact) mass is 364 g/mol. The molecule has 1 atom stereocenters. The maximum absolute atomic E-state index is 12.3. The van der Waals surface area contributed by atoms with E-state index in [0.29, 0.717) is 11.6 Å². The molecule has 1 aliphatic carbocycles. The van der Waals surface area contributed by atoms with Crippen LogP contribution in [0.1, 0.15) is 34.7 Å². The minimum Gasteiger partial charge on any atom is -0.449 e. The van der Waals surface area contributed by atoms with Crippen LogP contribution in [0.15, 0.2) is 48.5 Å². The van der Waals surface area contributed by atoms with E-state index in [4.69, 9.17) is 4.74 Å². The van der Waals surface area contributed by atoms with Crippen molar-refractivity contribution in [2.45, 2.75) is 18.9 Å². The highest BCUT2D eigenvalue weighted by molar-refractivity contribution is 5.79. The Morgan fingerprint density at radius 3 is 2.37 bits per heavy atom. The Bertz CT molecular complexity index is 924. The van der Waals surface area contributed by atoms with Crippen LogP contribution >= 0.6 is 0 Å². The first-order valence-electron chi connectivity index (χ1n) is 8.78. The summed E-state index contributed by atoms with van der Waals surface area (Å²) in [5.74, 6) is 0.919. The summed E-state index contributed by atoms with van der Waals surface area (Å²) in [6, 6.07) is 15.6. The van der Waals surface area contributed by atoms with E-state index in [1.165, 1.54) is 11.1 Å². The maximum Gasteiger partial charge on any atom is 0.407 e. The van der Waals surface area contributed by atoms with Crippen molar-refractivity contribution in [3.05, 3.63) is 71.3 Å². The van der Waals surface area contributed by atoms with Gasteiger partial charge in [-0.1, -0.05) is 48.5 Å².